The van der Waals surface area contributed by atoms with Crippen LogP contribution in [0.5, 0.6) is 17.2 Å². The molecule has 0 spiro atoms. The number of ether oxygens (including phenoxy) is 2. The molecule has 7 aromatic rings. The molecule has 0 aliphatic rings. The quantitative estimate of drug-likeness (QED) is 0.0265. The number of aromatic carboxylic acids is 1. The number of aryl methyl sites for hydroxylation is 1. The van der Waals surface area contributed by atoms with Crippen molar-refractivity contribution in [2.75, 3.05) is 26.4 Å². The van der Waals surface area contributed by atoms with Crippen LogP contribution < -0.4 is 15.0 Å². The number of aliphatic hydroxyl groups is 2. The van der Waals surface area contributed by atoms with Gasteiger partial charge in [0.2, 0.25) is 0 Å². The summed E-state index contributed by atoms with van der Waals surface area (Å²) in [7, 11) is -19.6. The molecule has 6 aromatic carbocycles. The lowest BCUT2D eigenvalue weighted by molar-refractivity contribution is 0.0697. The maximum atomic E-state index is 13.7. The van der Waals surface area contributed by atoms with E-state index in [0.29, 0.717) is 6.07 Å². The number of aromatic amines is 1. The Kier molecular flexibility index (Phi) is 16.3. The van der Waals surface area contributed by atoms with Crippen LogP contribution >= 0.6 is 0 Å². The highest BCUT2D eigenvalue weighted by molar-refractivity contribution is 7.86. The highest BCUT2D eigenvalue weighted by Gasteiger charge is 2.25. The second-order valence-electron chi connectivity index (χ2n) is 15.5. The average Bonchev–Trinajstić information content (AvgIpc) is 3.67. The van der Waals surface area contributed by atoms with Gasteiger partial charge in [-0.25, -0.2) is 9.48 Å². The molecule has 0 radical (unpaired) electrons. The van der Waals surface area contributed by atoms with Gasteiger partial charge < -0.3 is 29.9 Å². The van der Waals surface area contributed by atoms with E-state index in [0.717, 1.165) is 59.3 Å². The molecule has 0 aliphatic carbocycles. The normalized spacial score (nSPS) is 12.7. The first-order chi connectivity index (χ1) is 36.2. The Hall–Kier alpha value is -8.58. The Balaban J connectivity index is 1.22. The van der Waals surface area contributed by atoms with Crippen molar-refractivity contribution >= 4 is 103 Å². The number of aromatic hydroxyl groups is 1. The van der Waals surface area contributed by atoms with E-state index in [1.54, 1.807) is 0 Å². The summed E-state index contributed by atoms with van der Waals surface area (Å²) in [6, 6.07) is 17.0. The lowest BCUT2D eigenvalue weighted by atomic mass is 10.1. The van der Waals surface area contributed by atoms with Crippen LogP contribution in [-0.4, -0.2) is 114 Å². The first-order valence-corrected chi connectivity index (χ1v) is 26.9. The summed E-state index contributed by atoms with van der Waals surface area (Å²) in [6.45, 7) is -0.491. The van der Waals surface area contributed by atoms with Gasteiger partial charge in [-0.05, 0) is 97.2 Å². The van der Waals surface area contributed by atoms with Gasteiger partial charge in [-0.3, -0.25) is 28.1 Å². The number of carbonyl (C=O) groups is 1. The average molecular weight is 1140 g/mol. The molecule has 0 atom stereocenters. The third-order valence-corrected chi connectivity index (χ3v) is 13.7. The standard InChI is InChI=1S/C43H36N10O20S4/c1-22-39(50-47-32-10-4-25(18-37(32)76(66,67)68)45-44-24-2-6-27(7-3-24)74(60,61)62)42(57)53(52-22)26-5-9-29-23(16-26)17-38(77(69,70)71)40(41(29)56)51-49-34-21-35(72-14-12-54)33(20-36(34)73-15-13-55)48-46-31-11-8-28(75(63,64)65)19-30(31)43(58)59/h2-11,16-21,52,54-56H,12-15H2,1H3,(H,58,59)(H,60,61,62)(H,63,64,65)(H,66,67,68)(H,69,70,71). The SMILES string of the molecule is Cc1[nH]n(-c2ccc3c(O)c(N=Nc4cc(OCCO)c(N=Nc5ccc(S(=O)(=O)O)cc5C(=O)O)cc4OCCO)c(S(=O)(=O)O)cc3c2)c(=O)c1N=Nc1ccc(N=Nc2ccc(S(=O)(=O)O)cc2)cc1S(=O)(=O)O. The number of nitrogens with zero attached hydrogens (tertiary/aromatic N) is 9. The van der Waals surface area contributed by atoms with Crippen molar-refractivity contribution in [3.05, 3.63) is 119 Å². The smallest absolute Gasteiger partial charge is 0.338 e. The number of phenols is 1. The number of fused-ring (bicyclic) bond motifs is 1. The largest absolute Gasteiger partial charge is 0.505 e. The molecule has 0 unspecified atom stereocenters. The van der Waals surface area contributed by atoms with Crippen LogP contribution in [0.4, 0.5) is 45.5 Å². The van der Waals surface area contributed by atoms with Crippen LogP contribution in [0.3, 0.4) is 0 Å². The summed E-state index contributed by atoms with van der Waals surface area (Å²) >= 11 is 0. The van der Waals surface area contributed by atoms with E-state index >= 15 is 0 Å². The van der Waals surface area contributed by atoms with E-state index < -0.39 is 120 Å². The molecule has 0 bridgehead atoms. The number of benzene rings is 6. The van der Waals surface area contributed by atoms with Crippen LogP contribution in [0.1, 0.15) is 16.1 Å². The van der Waals surface area contributed by atoms with Crippen molar-refractivity contribution in [3.63, 3.8) is 0 Å². The lowest BCUT2D eigenvalue weighted by Crippen LogP contribution is -2.14. The number of phenolic OH excluding ortho intramolecular Hbond substituents is 1. The van der Waals surface area contributed by atoms with Crippen molar-refractivity contribution in [1.82, 2.24) is 9.78 Å². The second kappa shape index (κ2) is 22.3. The first-order valence-electron chi connectivity index (χ1n) is 21.1. The molecule has 0 saturated carbocycles. The van der Waals surface area contributed by atoms with Crippen LogP contribution in [0, 0.1) is 6.92 Å². The van der Waals surface area contributed by atoms with Crippen molar-refractivity contribution < 1.29 is 86.6 Å². The minimum Gasteiger partial charge on any atom is -0.505 e. The Bertz CT molecular complexity index is 4160. The number of hydrogen-bond acceptors (Lipinski definition) is 23. The minimum atomic E-state index is -5.27. The van der Waals surface area contributed by atoms with Crippen LogP contribution in [0.25, 0.3) is 16.5 Å². The van der Waals surface area contributed by atoms with Crippen LogP contribution in [-0.2, 0) is 40.5 Å². The number of carboxylic acids is 1. The molecule has 402 valence electrons. The topological polar surface area (TPSA) is 471 Å². The molecule has 34 heteroatoms. The van der Waals surface area contributed by atoms with Crippen LogP contribution in [0.2, 0.25) is 0 Å². The van der Waals surface area contributed by atoms with Crippen molar-refractivity contribution in [2.45, 2.75) is 26.5 Å². The molecule has 0 saturated heterocycles. The lowest BCUT2D eigenvalue weighted by Gasteiger charge is -2.13. The van der Waals surface area contributed by atoms with Crippen molar-refractivity contribution in [1.29, 1.82) is 0 Å². The Labute approximate surface area is 432 Å². The van der Waals surface area contributed by atoms with Gasteiger partial charge in [0.25, 0.3) is 46.0 Å². The van der Waals surface area contributed by atoms with Gasteiger partial charge in [-0.15, -0.1) is 30.7 Å². The molecule has 30 nitrogen and oxygen atoms in total. The van der Waals surface area contributed by atoms with Gasteiger partial charge in [0.15, 0.2) is 11.4 Å². The van der Waals surface area contributed by atoms with Crippen LogP contribution in [0.15, 0.2) is 162 Å². The Morgan fingerprint density at radius 2 is 1.08 bits per heavy atom. The zero-order valence-corrected chi connectivity index (χ0v) is 42.0. The number of aromatic nitrogens is 2. The fraction of sp³-hybridized carbons (Fsp3) is 0.116. The van der Waals surface area contributed by atoms with Gasteiger partial charge in [0, 0.05) is 17.5 Å². The number of carboxylic acid groups (broad SMARTS) is 1. The fourth-order valence-electron chi connectivity index (χ4n) is 6.75. The van der Waals surface area contributed by atoms with Gasteiger partial charge in [0.05, 0.1) is 51.3 Å². The third-order valence-electron chi connectivity index (χ3n) is 10.3. The van der Waals surface area contributed by atoms with Gasteiger partial charge in [-0.2, -0.15) is 43.9 Å². The summed E-state index contributed by atoms with van der Waals surface area (Å²) < 4.78 is 147. The number of azo groups is 4. The summed E-state index contributed by atoms with van der Waals surface area (Å²) in [5, 5.41) is 74.0. The molecular weight excluding hydrogens is 1100 g/mol. The van der Waals surface area contributed by atoms with Gasteiger partial charge in [-0.1, -0.05) is 0 Å². The number of H-pyrrole nitrogens is 1. The molecule has 0 amide bonds. The molecule has 9 N–H and O–H groups in total. The van der Waals surface area contributed by atoms with E-state index in [1.165, 1.54) is 43.3 Å². The van der Waals surface area contributed by atoms with E-state index in [1.807, 2.05) is 0 Å². The highest BCUT2D eigenvalue weighted by atomic mass is 32.2. The molecule has 77 heavy (non-hydrogen) atoms. The fourth-order valence-corrected chi connectivity index (χ4v) is 9.04. The Morgan fingerprint density at radius 3 is 1.65 bits per heavy atom. The number of rotatable bonds is 20. The zero-order valence-electron chi connectivity index (χ0n) is 38.7. The molecule has 1 aromatic heterocycles. The van der Waals surface area contributed by atoms with E-state index in [-0.39, 0.29) is 68.7 Å². The Morgan fingerprint density at radius 1 is 0.558 bits per heavy atom. The predicted molar refractivity (Wildman–Crippen MR) is 264 cm³/mol. The first kappa shape index (κ1) is 56.2. The van der Waals surface area contributed by atoms with Crippen molar-refractivity contribution in [2.24, 2.45) is 40.9 Å². The highest BCUT2D eigenvalue weighted by Crippen LogP contribution is 2.45. The third kappa shape index (κ3) is 13.1. The number of hydrogen-bond donors (Lipinski definition) is 9. The van der Waals surface area contributed by atoms with E-state index in [9.17, 15) is 77.3 Å². The van der Waals surface area contributed by atoms with Gasteiger partial charge >= 0.3 is 5.97 Å². The predicted octanol–water partition coefficient (Wildman–Crippen LogP) is 7.42. The second-order valence-corrected chi connectivity index (χ2v) is 21.1. The molecule has 0 fully saturated rings. The van der Waals surface area contributed by atoms with E-state index in [2.05, 4.69) is 46.0 Å². The number of aliphatic hydroxyl groups excluding tert-OH is 2. The zero-order chi connectivity index (χ0) is 56.2. The maximum Gasteiger partial charge on any atom is 0.338 e. The van der Waals surface area contributed by atoms with Crippen molar-refractivity contribution in [3.8, 4) is 22.9 Å². The molecule has 7 rings (SSSR count). The maximum absolute atomic E-state index is 13.7. The van der Waals surface area contributed by atoms with Gasteiger partial charge in [0.1, 0.15) is 62.9 Å². The minimum absolute atomic E-state index is 0.00398. The summed E-state index contributed by atoms with van der Waals surface area (Å²) in [6.07, 6.45) is 0. The summed E-state index contributed by atoms with van der Waals surface area (Å²) in [5.74, 6) is -3.01. The summed E-state index contributed by atoms with van der Waals surface area (Å²) in [4.78, 5) is 22.7. The molecule has 1 heterocycles. The summed E-state index contributed by atoms with van der Waals surface area (Å²) in [5.41, 5.74) is -4.10. The van der Waals surface area contributed by atoms with E-state index in [4.69, 9.17) is 14.0 Å². The molecular formula is C43H36N10O20S4. The molecule has 0 aliphatic heterocycles. The number of nitrogens with one attached hydrogen (secondary N) is 1. The monoisotopic (exact) mass is 1140 g/mol.